The molecule has 1 aromatic heterocycles. The van der Waals surface area contributed by atoms with Gasteiger partial charge in [-0.2, -0.15) is 5.10 Å². The van der Waals surface area contributed by atoms with Crippen molar-refractivity contribution in [1.82, 2.24) is 9.78 Å². The molecule has 1 aliphatic carbocycles. The number of aliphatic imine (C=N–C) groups is 1. The number of halogens is 1. The second kappa shape index (κ2) is 9.39. The molecule has 1 aliphatic rings. The Morgan fingerprint density at radius 3 is 2.73 bits per heavy atom. The van der Waals surface area contributed by atoms with Crippen molar-refractivity contribution in [3.8, 4) is 0 Å². The Morgan fingerprint density at radius 1 is 1.23 bits per heavy atom. The standard InChI is InChI=1S/C20H29N5.HI/c1-4-17-16(19(5-2)25(3)24-17)13-22-20(21)23-18-12-8-10-14-9-6-7-11-15(14)18;/h8,10,12H,4-7,9,11,13H2,1-3H3,(H3,21,22,23);1H. The number of anilines is 1. The second-order valence-electron chi connectivity index (χ2n) is 6.68. The van der Waals surface area contributed by atoms with E-state index in [4.69, 9.17) is 5.73 Å². The highest BCUT2D eigenvalue weighted by molar-refractivity contribution is 14.0. The summed E-state index contributed by atoms with van der Waals surface area (Å²) in [5.41, 5.74) is 13.7. The molecule has 6 heteroatoms. The largest absolute Gasteiger partial charge is 0.370 e. The molecule has 0 aliphatic heterocycles. The number of rotatable bonds is 5. The number of fused-ring (bicyclic) bond motifs is 1. The second-order valence-corrected chi connectivity index (χ2v) is 6.68. The molecule has 26 heavy (non-hydrogen) atoms. The molecule has 3 N–H and O–H groups in total. The fourth-order valence-corrected chi connectivity index (χ4v) is 3.81. The van der Waals surface area contributed by atoms with Gasteiger partial charge in [-0.3, -0.25) is 4.68 Å². The monoisotopic (exact) mass is 467 g/mol. The molecule has 0 bridgehead atoms. The van der Waals surface area contributed by atoms with E-state index in [2.05, 4.69) is 47.5 Å². The minimum atomic E-state index is 0. The van der Waals surface area contributed by atoms with Crippen LogP contribution in [0, 0.1) is 0 Å². The number of aromatic nitrogens is 2. The first-order chi connectivity index (χ1) is 12.1. The number of benzene rings is 1. The average Bonchev–Trinajstić information content (AvgIpc) is 2.95. The van der Waals surface area contributed by atoms with E-state index in [-0.39, 0.29) is 24.0 Å². The molecule has 1 heterocycles. The Bertz CT molecular complexity index is 779. The molecule has 0 saturated carbocycles. The lowest BCUT2D eigenvalue weighted by molar-refractivity contribution is 0.687. The molecule has 0 fully saturated rings. The SMILES string of the molecule is CCc1nn(C)c(CC)c1CN=C(N)Nc1cccc2c1CCCC2.I. The van der Waals surface area contributed by atoms with Gasteiger partial charge >= 0.3 is 0 Å². The third kappa shape index (κ3) is 4.39. The third-order valence-corrected chi connectivity index (χ3v) is 5.09. The first kappa shape index (κ1) is 20.7. The minimum absolute atomic E-state index is 0. The van der Waals surface area contributed by atoms with E-state index in [1.54, 1.807) is 0 Å². The van der Waals surface area contributed by atoms with Crippen molar-refractivity contribution in [2.45, 2.75) is 58.9 Å². The lowest BCUT2D eigenvalue weighted by Crippen LogP contribution is -2.24. The zero-order chi connectivity index (χ0) is 17.8. The smallest absolute Gasteiger partial charge is 0.193 e. The summed E-state index contributed by atoms with van der Waals surface area (Å²) in [7, 11) is 2.00. The molecule has 0 unspecified atom stereocenters. The van der Waals surface area contributed by atoms with Gasteiger partial charge in [0.1, 0.15) is 0 Å². The summed E-state index contributed by atoms with van der Waals surface area (Å²) in [6, 6.07) is 6.43. The van der Waals surface area contributed by atoms with E-state index >= 15 is 0 Å². The Hall–Kier alpha value is -1.57. The van der Waals surface area contributed by atoms with Crippen molar-refractivity contribution < 1.29 is 0 Å². The lowest BCUT2D eigenvalue weighted by Gasteiger charge is -2.19. The van der Waals surface area contributed by atoms with Gasteiger partial charge in [-0.25, -0.2) is 4.99 Å². The van der Waals surface area contributed by atoms with Crippen LogP contribution in [0.2, 0.25) is 0 Å². The fourth-order valence-electron chi connectivity index (χ4n) is 3.81. The van der Waals surface area contributed by atoms with Crippen LogP contribution in [-0.2, 0) is 39.3 Å². The lowest BCUT2D eigenvalue weighted by atomic mass is 9.90. The van der Waals surface area contributed by atoms with Gasteiger partial charge in [0, 0.05) is 24.0 Å². The molecular weight excluding hydrogens is 437 g/mol. The predicted octanol–water partition coefficient (Wildman–Crippen LogP) is 3.97. The zero-order valence-corrected chi connectivity index (χ0v) is 18.3. The zero-order valence-electron chi connectivity index (χ0n) is 16.0. The number of guanidine groups is 1. The van der Waals surface area contributed by atoms with Gasteiger partial charge in [-0.05, 0) is 55.7 Å². The van der Waals surface area contributed by atoms with E-state index < -0.39 is 0 Å². The topological polar surface area (TPSA) is 68.2 Å². The molecule has 142 valence electrons. The van der Waals surface area contributed by atoms with Gasteiger partial charge < -0.3 is 11.1 Å². The van der Waals surface area contributed by atoms with Gasteiger partial charge in [-0.15, -0.1) is 24.0 Å². The van der Waals surface area contributed by atoms with E-state index in [9.17, 15) is 0 Å². The average molecular weight is 467 g/mol. The summed E-state index contributed by atoms with van der Waals surface area (Å²) < 4.78 is 1.97. The molecule has 0 spiro atoms. The van der Waals surface area contributed by atoms with E-state index in [0.717, 1.165) is 37.1 Å². The van der Waals surface area contributed by atoms with Gasteiger partial charge in [0.05, 0.1) is 12.2 Å². The van der Waals surface area contributed by atoms with Crippen LogP contribution in [0.4, 0.5) is 5.69 Å². The van der Waals surface area contributed by atoms with Crippen LogP contribution >= 0.6 is 24.0 Å². The summed E-state index contributed by atoms with van der Waals surface area (Å²) in [5.74, 6) is 0.479. The van der Waals surface area contributed by atoms with Crippen molar-refractivity contribution in [3.05, 3.63) is 46.3 Å². The Balaban J connectivity index is 0.00000243. The van der Waals surface area contributed by atoms with Crippen LogP contribution < -0.4 is 11.1 Å². The highest BCUT2D eigenvalue weighted by Gasteiger charge is 2.15. The first-order valence-electron chi connectivity index (χ1n) is 9.35. The molecule has 0 radical (unpaired) electrons. The Labute approximate surface area is 173 Å². The summed E-state index contributed by atoms with van der Waals surface area (Å²) in [6.07, 6.45) is 6.68. The number of hydrogen-bond acceptors (Lipinski definition) is 2. The number of aryl methyl sites for hydroxylation is 3. The van der Waals surface area contributed by atoms with Crippen molar-refractivity contribution in [2.24, 2.45) is 17.8 Å². The van der Waals surface area contributed by atoms with Crippen molar-refractivity contribution >= 4 is 35.6 Å². The molecule has 2 aromatic rings. The van der Waals surface area contributed by atoms with Crippen molar-refractivity contribution in [2.75, 3.05) is 5.32 Å². The van der Waals surface area contributed by atoms with E-state index in [0.29, 0.717) is 12.5 Å². The molecular formula is C20H30IN5. The van der Waals surface area contributed by atoms with Gasteiger partial charge in [0.2, 0.25) is 0 Å². The molecule has 5 nitrogen and oxygen atoms in total. The molecule has 0 amide bonds. The van der Waals surface area contributed by atoms with Gasteiger partial charge in [0.25, 0.3) is 0 Å². The summed E-state index contributed by atoms with van der Waals surface area (Å²) in [4.78, 5) is 4.60. The number of nitrogens with zero attached hydrogens (tertiary/aromatic N) is 3. The van der Waals surface area contributed by atoms with Gasteiger partial charge in [-0.1, -0.05) is 26.0 Å². The van der Waals surface area contributed by atoms with Crippen LogP contribution in [0.25, 0.3) is 0 Å². The summed E-state index contributed by atoms with van der Waals surface area (Å²) in [6.45, 7) is 4.86. The quantitative estimate of drug-likeness (QED) is 0.397. The maximum atomic E-state index is 6.19. The van der Waals surface area contributed by atoms with E-state index in [1.165, 1.54) is 35.2 Å². The number of hydrogen-bond donors (Lipinski definition) is 2. The maximum absolute atomic E-state index is 6.19. The maximum Gasteiger partial charge on any atom is 0.193 e. The Morgan fingerprint density at radius 2 is 2.00 bits per heavy atom. The van der Waals surface area contributed by atoms with Crippen LogP contribution in [0.15, 0.2) is 23.2 Å². The molecule has 1 aromatic carbocycles. The van der Waals surface area contributed by atoms with Crippen LogP contribution in [0.1, 0.15) is 54.8 Å². The summed E-state index contributed by atoms with van der Waals surface area (Å²) in [5, 5.41) is 7.93. The van der Waals surface area contributed by atoms with Crippen molar-refractivity contribution in [3.63, 3.8) is 0 Å². The number of nitrogens with one attached hydrogen (secondary N) is 1. The predicted molar refractivity (Wildman–Crippen MR) is 119 cm³/mol. The summed E-state index contributed by atoms with van der Waals surface area (Å²) >= 11 is 0. The highest BCUT2D eigenvalue weighted by Crippen LogP contribution is 2.27. The van der Waals surface area contributed by atoms with Crippen LogP contribution in [0.3, 0.4) is 0 Å². The van der Waals surface area contributed by atoms with Crippen LogP contribution in [-0.4, -0.2) is 15.7 Å². The molecule has 3 rings (SSSR count). The van der Waals surface area contributed by atoms with Gasteiger partial charge in [0.15, 0.2) is 5.96 Å². The van der Waals surface area contributed by atoms with Crippen LogP contribution in [0.5, 0.6) is 0 Å². The van der Waals surface area contributed by atoms with Crippen molar-refractivity contribution in [1.29, 1.82) is 0 Å². The molecule has 0 atom stereocenters. The normalized spacial score (nSPS) is 13.9. The minimum Gasteiger partial charge on any atom is -0.370 e. The Kier molecular flexibility index (Phi) is 7.49. The highest BCUT2D eigenvalue weighted by atomic mass is 127. The van der Waals surface area contributed by atoms with E-state index in [1.807, 2.05) is 11.7 Å². The first-order valence-corrected chi connectivity index (χ1v) is 9.35. The number of nitrogens with two attached hydrogens (primary N) is 1. The molecule has 0 saturated heterocycles. The fraction of sp³-hybridized carbons (Fsp3) is 0.500. The third-order valence-electron chi connectivity index (χ3n) is 5.09.